The minimum Gasteiger partial charge on any atom is -0.504 e. The molecular formula is C25H22BF2NO5. The van der Waals surface area contributed by atoms with Crippen LogP contribution in [0.5, 0.6) is 11.5 Å². The fourth-order valence-corrected chi connectivity index (χ4v) is 3.01. The normalized spacial score (nSPS) is 11.1. The van der Waals surface area contributed by atoms with Gasteiger partial charge in [0.1, 0.15) is 22.8 Å². The summed E-state index contributed by atoms with van der Waals surface area (Å²) in [5, 5.41) is 0. The van der Waals surface area contributed by atoms with Crippen LogP contribution in [0.1, 0.15) is 27.2 Å². The minimum atomic E-state index is -3.23. The van der Waals surface area contributed by atoms with Gasteiger partial charge in [0.25, 0.3) is 0 Å². The van der Waals surface area contributed by atoms with Gasteiger partial charge in [-0.05, 0) is 47.5 Å². The Morgan fingerprint density at radius 1 is 0.971 bits per heavy atom. The summed E-state index contributed by atoms with van der Waals surface area (Å²) >= 11 is 0. The van der Waals surface area contributed by atoms with E-state index in [1.54, 1.807) is 30.3 Å². The third-order valence-corrected chi connectivity index (χ3v) is 4.79. The zero-order valence-corrected chi connectivity index (χ0v) is 18.8. The summed E-state index contributed by atoms with van der Waals surface area (Å²) < 4.78 is 40.7. The van der Waals surface area contributed by atoms with E-state index in [4.69, 9.17) is 9.15 Å². The number of halogens is 2. The molecule has 0 fully saturated rings. The predicted molar refractivity (Wildman–Crippen MR) is 130 cm³/mol. The molecule has 1 aromatic heterocycles. The quantitative estimate of drug-likeness (QED) is 0.249. The number of hydrogen-bond donors (Lipinski definition) is 0. The predicted octanol–water partition coefficient (Wildman–Crippen LogP) is 5.08. The van der Waals surface area contributed by atoms with Crippen molar-refractivity contribution in [3.05, 3.63) is 93.5 Å². The van der Waals surface area contributed by atoms with Crippen LogP contribution in [0.2, 0.25) is 0 Å². The maximum absolute atomic E-state index is 13.0. The molecular weight excluding hydrogens is 443 g/mol. The van der Waals surface area contributed by atoms with Crippen molar-refractivity contribution in [3.63, 3.8) is 0 Å². The van der Waals surface area contributed by atoms with Gasteiger partial charge in [0, 0.05) is 25.8 Å². The molecule has 2 aromatic carbocycles. The Morgan fingerprint density at radius 2 is 1.59 bits per heavy atom. The topological polar surface area (TPSA) is 69.0 Å². The Kier molecular flexibility index (Phi) is 8.03. The summed E-state index contributed by atoms with van der Waals surface area (Å²) in [5.74, 6) is -0.782. The lowest BCUT2D eigenvalue weighted by molar-refractivity contribution is 0.104. The molecule has 0 aliphatic rings. The van der Waals surface area contributed by atoms with Gasteiger partial charge in [0.15, 0.2) is 5.78 Å². The number of benzene rings is 2. The van der Waals surface area contributed by atoms with Gasteiger partial charge in [-0.3, -0.25) is 4.79 Å². The number of ketones is 1. The Bertz CT molecular complexity index is 1250. The van der Waals surface area contributed by atoms with E-state index in [1.165, 1.54) is 19.3 Å². The molecule has 1 heterocycles. The summed E-state index contributed by atoms with van der Waals surface area (Å²) in [6.07, 6.45) is 5.62. The van der Waals surface area contributed by atoms with E-state index < -0.39 is 30.2 Å². The molecule has 9 heteroatoms. The first kappa shape index (κ1) is 24.5. The zero-order chi connectivity index (χ0) is 24.7. The molecule has 0 amide bonds. The second-order valence-electron chi connectivity index (χ2n) is 7.34. The fraction of sp³-hybridized carbons (Fsp3) is 0.120. The second-order valence-corrected chi connectivity index (χ2v) is 7.34. The first-order chi connectivity index (χ1) is 16.3. The van der Waals surface area contributed by atoms with E-state index in [1.807, 2.05) is 43.3 Å². The van der Waals surface area contributed by atoms with Crippen LogP contribution in [0.4, 0.5) is 14.3 Å². The molecule has 0 aliphatic carbocycles. The molecule has 0 saturated heterocycles. The monoisotopic (exact) mass is 465 g/mol. The van der Waals surface area contributed by atoms with Crippen LogP contribution in [0.15, 0.2) is 69.9 Å². The fourth-order valence-electron chi connectivity index (χ4n) is 3.01. The van der Waals surface area contributed by atoms with Gasteiger partial charge in [0.05, 0.1) is 7.11 Å². The lowest BCUT2D eigenvalue weighted by Crippen LogP contribution is -2.19. The Morgan fingerprint density at radius 3 is 2.18 bits per heavy atom. The number of hydrogen-bond acceptors (Lipinski definition) is 6. The summed E-state index contributed by atoms with van der Waals surface area (Å²) in [4.78, 5) is 27.1. The molecule has 0 atom stereocenters. The lowest BCUT2D eigenvalue weighted by atomic mass is 10.1. The number of carbonyl (C=O) groups is 1. The number of methoxy groups -OCH3 is 1. The van der Waals surface area contributed by atoms with Crippen molar-refractivity contribution < 1.29 is 27.2 Å². The van der Waals surface area contributed by atoms with Crippen LogP contribution < -0.4 is 19.9 Å². The van der Waals surface area contributed by atoms with E-state index in [9.17, 15) is 18.2 Å². The second kappa shape index (κ2) is 11.1. The number of anilines is 1. The Balaban J connectivity index is 1.87. The highest BCUT2D eigenvalue weighted by molar-refractivity contribution is 6.35. The van der Waals surface area contributed by atoms with Crippen LogP contribution in [0, 0.1) is 0 Å². The number of nitrogens with zero attached hydrogens (tertiary/aromatic N) is 1. The maximum Gasteiger partial charge on any atom is 0.796 e. The average molecular weight is 465 g/mol. The molecule has 0 N–H and O–H groups in total. The number of ether oxygens (including phenoxy) is 1. The molecule has 0 aliphatic heterocycles. The first-order valence-electron chi connectivity index (χ1n) is 10.2. The van der Waals surface area contributed by atoms with E-state index in [0.717, 1.165) is 23.4 Å². The molecule has 6 nitrogen and oxygen atoms in total. The van der Waals surface area contributed by atoms with Crippen molar-refractivity contribution in [2.24, 2.45) is 0 Å². The van der Waals surface area contributed by atoms with Gasteiger partial charge in [-0.25, -0.2) is 13.4 Å². The molecule has 174 valence electrons. The van der Waals surface area contributed by atoms with Crippen molar-refractivity contribution in [2.75, 3.05) is 26.1 Å². The number of allylic oxidation sites excluding steroid dienone is 1. The maximum atomic E-state index is 13.0. The van der Waals surface area contributed by atoms with E-state index >= 15 is 0 Å². The van der Waals surface area contributed by atoms with Crippen LogP contribution >= 0.6 is 0 Å². The van der Waals surface area contributed by atoms with Crippen LogP contribution in [0.3, 0.4) is 0 Å². The average Bonchev–Trinajstić information content (AvgIpc) is 2.81. The van der Waals surface area contributed by atoms with Crippen molar-refractivity contribution in [3.8, 4) is 11.5 Å². The SMILES string of the molecule is COc1ccc(/C=C/C(=O)c2c(OB(F)F)cc(/C=C/c3ccc(N(C)C)cc3)oc2=O)cc1. The van der Waals surface area contributed by atoms with Crippen molar-refractivity contribution in [2.45, 2.75) is 0 Å². The van der Waals surface area contributed by atoms with Crippen LogP contribution in [0.25, 0.3) is 18.2 Å². The highest BCUT2D eigenvalue weighted by Crippen LogP contribution is 2.22. The third kappa shape index (κ3) is 6.44. The molecule has 0 saturated carbocycles. The zero-order valence-electron chi connectivity index (χ0n) is 18.8. The van der Waals surface area contributed by atoms with Gasteiger partial charge in [0.2, 0.25) is 0 Å². The van der Waals surface area contributed by atoms with Crippen LogP contribution in [-0.2, 0) is 0 Å². The van der Waals surface area contributed by atoms with E-state index in [-0.39, 0.29) is 5.76 Å². The van der Waals surface area contributed by atoms with Gasteiger partial charge in [-0.1, -0.05) is 36.4 Å². The smallest absolute Gasteiger partial charge is 0.504 e. The van der Waals surface area contributed by atoms with Gasteiger partial charge in [-0.2, -0.15) is 0 Å². The van der Waals surface area contributed by atoms with Crippen molar-refractivity contribution in [1.29, 1.82) is 0 Å². The number of rotatable bonds is 9. The summed E-state index contributed by atoms with van der Waals surface area (Å²) in [6, 6.07) is 15.4. The minimum absolute atomic E-state index is 0.0342. The van der Waals surface area contributed by atoms with E-state index in [2.05, 4.69) is 4.65 Å². The summed E-state index contributed by atoms with van der Waals surface area (Å²) in [7, 11) is 2.13. The largest absolute Gasteiger partial charge is 0.796 e. The third-order valence-electron chi connectivity index (χ3n) is 4.79. The van der Waals surface area contributed by atoms with Gasteiger partial charge in [-0.15, -0.1) is 0 Å². The highest BCUT2D eigenvalue weighted by atomic mass is 19.2. The van der Waals surface area contributed by atoms with Crippen molar-refractivity contribution >= 4 is 37.2 Å². The molecule has 0 radical (unpaired) electrons. The molecule has 3 rings (SSSR count). The lowest BCUT2D eigenvalue weighted by Gasteiger charge is -2.11. The molecule has 0 spiro atoms. The van der Waals surface area contributed by atoms with Gasteiger partial charge >= 0.3 is 13.1 Å². The van der Waals surface area contributed by atoms with Gasteiger partial charge < -0.3 is 18.7 Å². The highest BCUT2D eigenvalue weighted by Gasteiger charge is 2.25. The summed E-state index contributed by atoms with van der Waals surface area (Å²) in [6.45, 7) is 0. The standard InChI is InChI=1S/C25H22BF2NO5/c1-29(2)19-10-4-17(5-11-19)8-14-21-16-23(34-26(27)28)24(25(31)33-21)22(30)15-9-18-6-12-20(32-3)13-7-18/h4-16H,1-3H3/b14-8+,15-9+. The molecule has 0 unspecified atom stereocenters. The van der Waals surface area contributed by atoms with E-state index in [0.29, 0.717) is 11.3 Å². The summed E-state index contributed by atoms with van der Waals surface area (Å²) in [5.41, 5.74) is 0.756. The Labute approximate surface area is 195 Å². The Hall–Kier alpha value is -4.14. The van der Waals surface area contributed by atoms with Crippen LogP contribution in [-0.4, -0.2) is 34.5 Å². The molecule has 3 aromatic rings. The van der Waals surface area contributed by atoms with Crippen molar-refractivity contribution in [1.82, 2.24) is 0 Å². The number of carbonyl (C=O) groups excluding carboxylic acids is 1. The first-order valence-corrected chi connectivity index (χ1v) is 10.2. The molecule has 0 bridgehead atoms. The molecule has 34 heavy (non-hydrogen) atoms.